The summed E-state index contributed by atoms with van der Waals surface area (Å²) in [5.74, 6) is 0.305. The molecule has 0 unspecified atom stereocenters. The van der Waals surface area contributed by atoms with Crippen molar-refractivity contribution in [1.82, 2.24) is 10.3 Å². The largest absolute Gasteiger partial charge is 0.384 e. The van der Waals surface area contributed by atoms with E-state index in [4.69, 9.17) is 5.73 Å². The molecule has 1 aromatic heterocycles. The smallest absolute Gasteiger partial charge is 0.251 e. The maximum atomic E-state index is 11.7. The van der Waals surface area contributed by atoms with Gasteiger partial charge in [0, 0.05) is 18.3 Å². The summed E-state index contributed by atoms with van der Waals surface area (Å²) >= 11 is 0. The number of carbonyl (C=O) groups is 1. The van der Waals surface area contributed by atoms with E-state index in [1.54, 1.807) is 18.3 Å². The van der Waals surface area contributed by atoms with Crippen LogP contribution in [0.15, 0.2) is 18.3 Å². The summed E-state index contributed by atoms with van der Waals surface area (Å²) in [4.78, 5) is 15.6. The lowest BCUT2D eigenvalue weighted by atomic mass is 10.1. The van der Waals surface area contributed by atoms with Crippen molar-refractivity contribution < 1.29 is 4.79 Å². The SMILES string of the molecule is CCCCCCCCNC(=O)c1ccnc(N)c1. The second-order valence-corrected chi connectivity index (χ2v) is 4.49. The van der Waals surface area contributed by atoms with Crippen molar-refractivity contribution in [3.05, 3.63) is 23.9 Å². The van der Waals surface area contributed by atoms with E-state index in [1.165, 1.54) is 32.1 Å². The van der Waals surface area contributed by atoms with Crippen LogP contribution in [0.25, 0.3) is 0 Å². The van der Waals surface area contributed by atoms with Gasteiger partial charge in [-0.2, -0.15) is 0 Å². The third kappa shape index (κ3) is 5.66. The second-order valence-electron chi connectivity index (χ2n) is 4.49. The van der Waals surface area contributed by atoms with Crippen molar-refractivity contribution in [3.8, 4) is 0 Å². The maximum Gasteiger partial charge on any atom is 0.251 e. The quantitative estimate of drug-likeness (QED) is 0.696. The first-order valence-corrected chi connectivity index (χ1v) is 6.73. The molecule has 0 atom stereocenters. The molecule has 0 fully saturated rings. The normalized spacial score (nSPS) is 10.3. The van der Waals surface area contributed by atoms with E-state index >= 15 is 0 Å². The molecular weight excluding hydrogens is 226 g/mol. The highest BCUT2D eigenvalue weighted by Crippen LogP contribution is 2.05. The number of unbranched alkanes of at least 4 members (excludes halogenated alkanes) is 5. The van der Waals surface area contributed by atoms with Gasteiger partial charge in [0.2, 0.25) is 0 Å². The predicted octanol–water partition coefficient (Wildman–Crippen LogP) is 2.75. The summed E-state index contributed by atoms with van der Waals surface area (Å²) in [5.41, 5.74) is 6.11. The van der Waals surface area contributed by atoms with Crippen molar-refractivity contribution in [3.63, 3.8) is 0 Å². The maximum absolute atomic E-state index is 11.7. The Morgan fingerprint density at radius 3 is 2.72 bits per heavy atom. The van der Waals surface area contributed by atoms with Gasteiger partial charge >= 0.3 is 0 Å². The van der Waals surface area contributed by atoms with E-state index in [-0.39, 0.29) is 5.91 Å². The fourth-order valence-electron chi connectivity index (χ4n) is 1.80. The molecule has 1 amide bonds. The Bertz CT molecular complexity index is 366. The Balaban J connectivity index is 2.14. The van der Waals surface area contributed by atoms with Gasteiger partial charge in [-0.1, -0.05) is 39.0 Å². The molecule has 18 heavy (non-hydrogen) atoms. The van der Waals surface area contributed by atoms with Crippen molar-refractivity contribution in [1.29, 1.82) is 0 Å². The van der Waals surface area contributed by atoms with E-state index in [9.17, 15) is 4.79 Å². The number of hydrogen-bond acceptors (Lipinski definition) is 3. The Kier molecular flexibility index (Phi) is 6.84. The first kappa shape index (κ1) is 14.5. The van der Waals surface area contributed by atoms with Crippen molar-refractivity contribution in [2.45, 2.75) is 45.4 Å². The van der Waals surface area contributed by atoms with Crippen LogP contribution in [0, 0.1) is 0 Å². The van der Waals surface area contributed by atoms with Crippen LogP contribution in [0.5, 0.6) is 0 Å². The molecule has 100 valence electrons. The monoisotopic (exact) mass is 249 g/mol. The summed E-state index contributed by atoms with van der Waals surface area (Å²) in [6.45, 7) is 2.94. The molecular formula is C14H23N3O. The number of amides is 1. The molecule has 0 aliphatic rings. The Morgan fingerprint density at radius 1 is 1.28 bits per heavy atom. The summed E-state index contributed by atoms with van der Waals surface area (Å²) in [7, 11) is 0. The lowest BCUT2D eigenvalue weighted by Gasteiger charge is -2.05. The lowest BCUT2D eigenvalue weighted by Crippen LogP contribution is -2.24. The van der Waals surface area contributed by atoms with Crippen molar-refractivity contribution in [2.75, 3.05) is 12.3 Å². The van der Waals surface area contributed by atoms with Gasteiger partial charge in [0.15, 0.2) is 0 Å². The Hall–Kier alpha value is -1.58. The predicted molar refractivity (Wildman–Crippen MR) is 74.4 cm³/mol. The zero-order chi connectivity index (χ0) is 13.2. The molecule has 0 aliphatic carbocycles. The number of carbonyl (C=O) groups excluding carboxylic acids is 1. The average molecular weight is 249 g/mol. The van der Waals surface area contributed by atoms with Crippen molar-refractivity contribution >= 4 is 11.7 Å². The van der Waals surface area contributed by atoms with Crippen LogP contribution >= 0.6 is 0 Å². The number of anilines is 1. The molecule has 4 nitrogen and oxygen atoms in total. The summed E-state index contributed by atoms with van der Waals surface area (Å²) < 4.78 is 0. The molecule has 0 aromatic carbocycles. The molecule has 0 bridgehead atoms. The van der Waals surface area contributed by atoms with Gasteiger partial charge in [0.25, 0.3) is 5.91 Å². The third-order valence-corrected chi connectivity index (χ3v) is 2.86. The fraction of sp³-hybridized carbons (Fsp3) is 0.571. The Labute approximate surface area is 109 Å². The molecule has 1 heterocycles. The molecule has 0 saturated heterocycles. The topological polar surface area (TPSA) is 68.0 Å². The van der Waals surface area contributed by atoms with Crippen LogP contribution in [0.3, 0.4) is 0 Å². The van der Waals surface area contributed by atoms with Gasteiger partial charge in [0.05, 0.1) is 0 Å². The standard InChI is InChI=1S/C14H23N3O/c1-2-3-4-5-6-7-9-17-14(18)12-8-10-16-13(15)11-12/h8,10-11H,2-7,9H2,1H3,(H2,15,16)(H,17,18). The number of nitrogens with zero attached hydrogens (tertiary/aromatic N) is 1. The van der Waals surface area contributed by atoms with E-state index in [2.05, 4.69) is 17.2 Å². The van der Waals surface area contributed by atoms with Gasteiger partial charge in [-0.05, 0) is 18.6 Å². The van der Waals surface area contributed by atoms with Gasteiger partial charge in [-0.3, -0.25) is 4.79 Å². The van der Waals surface area contributed by atoms with Crippen LogP contribution in [0.4, 0.5) is 5.82 Å². The van der Waals surface area contributed by atoms with E-state index in [1.807, 2.05) is 0 Å². The molecule has 1 aromatic rings. The van der Waals surface area contributed by atoms with Gasteiger partial charge in [-0.25, -0.2) is 4.98 Å². The van der Waals surface area contributed by atoms with Crippen LogP contribution in [0.1, 0.15) is 55.8 Å². The Morgan fingerprint density at radius 2 is 2.00 bits per heavy atom. The number of nitrogen functional groups attached to an aromatic ring is 1. The minimum atomic E-state index is -0.0716. The number of aromatic nitrogens is 1. The fourth-order valence-corrected chi connectivity index (χ4v) is 1.80. The van der Waals surface area contributed by atoms with Crippen LogP contribution in [-0.4, -0.2) is 17.4 Å². The van der Waals surface area contributed by atoms with Gasteiger partial charge < -0.3 is 11.1 Å². The average Bonchev–Trinajstić information content (AvgIpc) is 2.37. The highest BCUT2D eigenvalue weighted by Gasteiger charge is 2.04. The van der Waals surface area contributed by atoms with Gasteiger partial charge in [0.1, 0.15) is 5.82 Å². The summed E-state index contributed by atoms with van der Waals surface area (Å²) in [5, 5.41) is 2.89. The number of nitrogens with two attached hydrogens (primary N) is 1. The molecule has 0 aliphatic heterocycles. The lowest BCUT2D eigenvalue weighted by molar-refractivity contribution is 0.0953. The molecule has 0 radical (unpaired) electrons. The van der Waals surface area contributed by atoms with E-state index in [0.29, 0.717) is 11.4 Å². The highest BCUT2D eigenvalue weighted by molar-refractivity contribution is 5.94. The molecule has 0 spiro atoms. The number of hydrogen-bond donors (Lipinski definition) is 2. The van der Waals surface area contributed by atoms with Crippen LogP contribution in [-0.2, 0) is 0 Å². The molecule has 4 heteroatoms. The number of pyridine rings is 1. The van der Waals surface area contributed by atoms with Crippen molar-refractivity contribution in [2.24, 2.45) is 0 Å². The number of nitrogens with one attached hydrogen (secondary N) is 1. The minimum Gasteiger partial charge on any atom is -0.384 e. The van der Waals surface area contributed by atoms with Gasteiger partial charge in [-0.15, -0.1) is 0 Å². The highest BCUT2D eigenvalue weighted by atomic mass is 16.1. The molecule has 3 N–H and O–H groups in total. The summed E-state index contributed by atoms with van der Waals surface area (Å²) in [6, 6.07) is 3.27. The van der Waals surface area contributed by atoms with E-state index in [0.717, 1.165) is 13.0 Å². The molecule has 0 saturated carbocycles. The number of rotatable bonds is 8. The summed E-state index contributed by atoms with van der Waals surface area (Å²) in [6.07, 6.45) is 8.89. The third-order valence-electron chi connectivity index (χ3n) is 2.86. The van der Waals surface area contributed by atoms with E-state index < -0.39 is 0 Å². The zero-order valence-electron chi connectivity index (χ0n) is 11.1. The molecule has 1 rings (SSSR count). The zero-order valence-corrected chi connectivity index (χ0v) is 11.1. The second kappa shape index (κ2) is 8.50. The van der Waals surface area contributed by atoms with Crippen LogP contribution < -0.4 is 11.1 Å². The first-order valence-electron chi connectivity index (χ1n) is 6.73. The minimum absolute atomic E-state index is 0.0716. The van der Waals surface area contributed by atoms with Crippen LogP contribution in [0.2, 0.25) is 0 Å². The first-order chi connectivity index (χ1) is 8.74.